The van der Waals surface area contributed by atoms with E-state index < -0.39 is 23.9 Å². The summed E-state index contributed by atoms with van der Waals surface area (Å²) >= 11 is 0. The van der Waals surface area contributed by atoms with Crippen LogP contribution in [-0.2, 0) is 28.7 Å². The molecule has 0 spiro atoms. The van der Waals surface area contributed by atoms with Crippen molar-refractivity contribution in [2.75, 3.05) is 0 Å². The van der Waals surface area contributed by atoms with E-state index in [1.165, 1.54) is 0 Å². The third-order valence-corrected chi connectivity index (χ3v) is 2.17. The zero-order chi connectivity index (χ0) is 15.7. The number of hydrogen-bond acceptors (Lipinski definition) is 6. The Kier molecular flexibility index (Phi) is 11.6. The first-order valence-corrected chi connectivity index (χ1v) is 5.87. The van der Waals surface area contributed by atoms with E-state index in [9.17, 15) is 19.2 Å². The third-order valence-electron chi connectivity index (χ3n) is 2.17. The summed E-state index contributed by atoms with van der Waals surface area (Å²) in [5.74, 6) is -3.84. The molecule has 0 saturated heterocycles. The van der Waals surface area contributed by atoms with E-state index in [0.29, 0.717) is 25.0 Å². The van der Waals surface area contributed by atoms with Gasteiger partial charge in [0.05, 0.1) is 0 Å². The van der Waals surface area contributed by atoms with Crippen LogP contribution in [0.4, 0.5) is 0 Å². The molecule has 0 aliphatic carbocycles. The average molecular weight is 304 g/mol. The van der Waals surface area contributed by atoms with Gasteiger partial charge in [-0.3, -0.25) is 0 Å². The zero-order valence-electron chi connectivity index (χ0n) is 11.4. The summed E-state index contributed by atoms with van der Waals surface area (Å²) in [7, 11) is 0. The molecular weight excluding hydrogens is 287 g/mol. The summed E-state index contributed by atoms with van der Waals surface area (Å²) in [5.41, 5.74) is 0.257. The standard InChI is InChI=1S/C14H16O6.Na.H/c1-5-9(3)13(17)19-11(15)7-8-12(16)20-14(18)10(4)6-2;;/h7-8H,3-6H2,1-2H3;;/b8-7-;;. The predicted molar refractivity (Wildman–Crippen MR) is 77.3 cm³/mol. The maximum atomic E-state index is 11.2. The quantitative estimate of drug-likeness (QED) is 0.314. The van der Waals surface area contributed by atoms with Crippen LogP contribution in [0.15, 0.2) is 36.5 Å². The molecule has 21 heavy (non-hydrogen) atoms. The molecular formula is C14H17NaO6. The van der Waals surface area contributed by atoms with Gasteiger partial charge < -0.3 is 9.47 Å². The molecule has 0 bridgehead atoms. The van der Waals surface area contributed by atoms with Gasteiger partial charge in [0.25, 0.3) is 0 Å². The molecule has 0 aromatic carbocycles. The SMILES string of the molecule is C=C(CC)C(=O)OC(=O)/C=C\C(=O)OC(=O)C(=C)CC.[NaH]. The van der Waals surface area contributed by atoms with Gasteiger partial charge in [0.15, 0.2) is 0 Å². The second kappa shape index (κ2) is 11.2. The molecule has 0 radical (unpaired) electrons. The van der Waals surface area contributed by atoms with E-state index in [1.807, 2.05) is 0 Å². The van der Waals surface area contributed by atoms with Gasteiger partial charge in [0.2, 0.25) is 0 Å². The van der Waals surface area contributed by atoms with Crippen molar-refractivity contribution in [2.45, 2.75) is 26.7 Å². The van der Waals surface area contributed by atoms with Crippen molar-refractivity contribution < 1.29 is 28.7 Å². The summed E-state index contributed by atoms with van der Waals surface area (Å²) in [4.78, 5) is 44.7. The Balaban J connectivity index is 0. The van der Waals surface area contributed by atoms with Crippen LogP contribution in [-0.4, -0.2) is 53.4 Å². The average Bonchev–Trinajstić information content (AvgIpc) is 2.42. The summed E-state index contributed by atoms with van der Waals surface area (Å²) in [6, 6.07) is 0. The molecule has 0 atom stereocenters. The van der Waals surface area contributed by atoms with E-state index >= 15 is 0 Å². The van der Waals surface area contributed by atoms with Crippen LogP contribution in [0, 0.1) is 0 Å². The number of hydrogen-bond donors (Lipinski definition) is 0. The molecule has 0 saturated carbocycles. The minimum atomic E-state index is -1.05. The van der Waals surface area contributed by atoms with Gasteiger partial charge in [0.1, 0.15) is 0 Å². The summed E-state index contributed by atoms with van der Waals surface area (Å²) in [6.07, 6.45) is 2.05. The van der Waals surface area contributed by atoms with Crippen molar-refractivity contribution in [3.63, 3.8) is 0 Å². The number of carbonyl (C=O) groups is 4. The van der Waals surface area contributed by atoms with E-state index in [0.717, 1.165) is 0 Å². The first kappa shape index (κ1) is 21.8. The van der Waals surface area contributed by atoms with Gasteiger partial charge in [-0.1, -0.05) is 27.0 Å². The van der Waals surface area contributed by atoms with Crippen molar-refractivity contribution in [2.24, 2.45) is 0 Å². The second-order valence-electron chi connectivity index (χ2n) is 3.66. The van der Waals surface area contributed by atoms with Gasteiger partial charge in [0, 0.05) is 23.3 Å². The summed E-state index contributed by atoms with van der Waals surface area (Å²) in [5, 5.41) is 0. The van der Waals surface area contributed by atoms with Crippen LogP contribution in [0.2, 0.25) is 0 Å². The normalized spacial score (nSPS) is 9.43. The monoisotopic (exact) mass is 304 g/mol. The topological polar surface area (TPSA) is 86.7 Å². The minimum absolute atomic E-state index is 0. The molecule has 0 aromatic heterocycles. The third kappa shape index (κ3) is 9.12. The Morgan fingerprint density at radius 2 is 1.10 bits per heavy atom. The van der Waals surface area contributed by atoms with Crippen LogP contribution in [0.5, 0.6) is 0 Å². The van der Waals surface area contributed by atoms with Gasteiger partial charge in [-0.2, -0.15) is 0 Å². The fraction of sp³-hybridized carbons (Fsp3) is 0.286. The number of rotatable bonds is 6. The molecule has 0 amide bonds. The van der Waals surface area contributed by atoms with Crippen LogP contribution in [0.1, 0.15) is 26.7 Å². The van der Waals surface area contributed by atoms with Gasteiger partial charge in [-0.25, -0.2) is 19.2 Å². The molecule has 0 aliphatic rings. The van der Waals surface area contributed by atoms with Gasteiger partial charge >= 0.3 is 53.4 Å². The Morgan fingerprint density at radius 3 is 1.33 bits per heavy atom. The molecule has 0 fully saturated rings. The molecule has 0 aliphatic heterocycles. The van der Waals surface area contributed by atoms with Crippen LogP contribution in [0.25, 0.3) is 0 Å². The van der Waals surface area contributed by atoms with Crippen LogP contribution >= 0.6 is 0 Å². The van der Waals surface area contributed by atoms with Crippen LogP contribution < -0.4 is 0 Å². The van der Waals surface area contributed by atoms with Crippen molar-refractivity contribution in [3.8, 4) is 0 Å². The van der Waals surface area contributed by atoms with Gasteiger partial charge in [-0.15, -0.1) is 0 Å². The van der Waals surface area contributed by atoms with Crippen molar-refractivity contribution in [1.29, 1.82) is 0 Å². The summed E-state index contributed by atoms with van der Waals surface area (Å²) in [6.45, 7) is 10.1. The fourth-order valence-corrected chi connectivity index (χ4v) is 0.820. The first-order chi connectivity index (χ1) is 9.31. The molecule has 7 heteroatoms. The molecule has 110 valence electrons. The van der Waals surface area contributed by atoms with Crippen LogP contribution in [0.3, 0.4) is 0 Å². The number of carbonyl (C=O) groups excluding carboxylic acids is 4. The van der Waals surface area contributed by atoms with E-state index in [1.54, 1.807) is 13.8 Å². The Labute approximate surface area is 145 Å². The maximum absolute atomic E-state index is 11.2. The second-order valence-corrected chi connectivity index (χ2v) is 3.66. The van der Waals surface area contributed by atoms with Crippen molar-refractivity contribution in [3.05, 3.63) is 36.5 Å². The molecule has 0 N–H and O–H groups in total. The Morgan fingerprint density at radius 1 is 0.810 bits per heavy atom. The molecule has 0 heterocycles. The summed E-state index contributed by atoms with van der Waals surface area (Å²) < 4.78 is 8.71. The Hall–Kier alpha value is -1.50. The number of esters is 4. The zero-order valence-corrected chi connectivity index (χ0v) is 11.4. The Bertz CT molecular complexity index is 446. The van der Waals surface area contributed by atoms with E-state index in [4.69, 9.17) is 0 Å². The van der Waals surface area contributed by atoms with Gasteiger partial charge in [-0.05, 0) is 12.8 Å². The molecule has 0 rings (SSSR count). The molecule has 0 aromatic rings. The first-order valence-electron chi connectivity index (χ1n) is 5.87. The number of ether oxygens (including phenoxy) is 2. The van der Waals surface area contributed by atoms with Crippen molar-refractivity contribution >= 4 is 53.4 Å². The van der Waals surface area contributed by atoms with E-state index in [2.05, 4.69) is 22.6 Å². The molecule has 0 unspecified atom stereocenters. The fourth-order valence-electron chi connectivity index (χ4n) is 0.820. The van der Waals surface area contributed by atoms with E-state index in [-0.39, 0.29) is 40.7 Å². The predicted octanol–water partition coefficient (Wildman–Crippen LogP) is 0.966. The molecule has 6 nitrogen and oxygen atoms in total. The van der Waals surface area contributed by atoms with Crippen molar-refractivity contribution in [1.82, 2.24) is 0 Å².